The van der Waals surface area contributed by atoms with Gasteiger partial charge in [0.15, 0.2) is 0 Å². The molecule has 1 atom stereocenters. The maximum atomic E-state index is 12.7. The van der Waals surface area contributed by atoms with E-state index in [1.807, 2.05) is 28.0 Å². The number of piperazine rings is 1. The summed E-state index contributed by atoms with van der Waals surface area (Å²) < 4.78 is 0. The largest absolute Gasteiger partial charge is 0.336 e. The molecular formula is C16H17N3O2. The molecule has 0 aromatic heterocycles. The Balaban J connectivity index is 1.78. The van der Waals surface area contributed by atoms with Gasteiger partial charge in [-0.1, -0.05) is 18.2 Å². The van der Waals surface area contributed by atoms with Gasteiger partial charge in [-0.05, 0) is 18.1 Å². The molecule has 21 heavy (non-hydrogen) atoms. The minimum absolute atomic E-state index is 0.0279. The minimum Gasteiger partial charge on any atom is -0.336 e. The van der Waals surface area contributed by atoms with Crippen LogP contribution in [0.1, 0.15) is 28.8 Å². The van der Waals surface area contributed by atoms with E-state index in [0.29, 0.717) is 31.6 Å². The molecule has 2 heterocycles. The van der Waals surface area contributed by atoms with Crippen LogP contribution in [0.4, 0.5) is 0 Å². The molecule has 2 aliphatic rings. The lowest BCUT2D eigenvalue weighted by Gasteiger charge is -2.37. The lowest BCUT2D eigenvalue weighted by molar-refractivity contribution is -0.130. The monoisotopic (exact) mass is 283 g/mol. The van der Waals surface area contributed by atoms with Crippen molar-refractivity contribution in [2.24, 2.45) is 0 Å². The van der Waals surface area contributed by atoms with Gasteiger partial charge in [-0.25, -0.2) is 0 Å². The molecule has 2 amide bonds. The first-order valence-electron chi connectivity index (χ1n) is 7.24. The van der Waals surface area contributed by atoms with E-state index < -0.39 is 0 Å². The van der Waals surface area contributed by atoms with Gasteiger partial charge in [0, 0.05) is 37.7 Å². The van der Waals surface area contributed by atoms with Crippen LogP contribution in [0.25, 0.3) is 0 Å². The van der Waals surface area contributed by atoms with Crippen molar-refractivity contribution < 1.29 is 9.59 Å². The summed E-state index contributed by atoms with van der Waals surface area (Å²) in [6.07, 6.45) is 1.67. The van der Waals surface area contributed by atoms with E-state index in [4.69, 9.17) is 5.26 Å². The molecule has 2 fully saturated rings. The van der Waals surface area contributed by atoms with Gasteiger partial charge in [-0.15, -0.1) is 0 Å². The first-order chi connectivity index (χ1) is 10.2. The molecule has 0 radical (unpaired) electrons. The number of amides is 2. The molecule has 108 valence electrons. The van der Waals surface area contributed by atoms with Crippen LogP contribution in [0.15, 0.2) is 24.3 Å². The van der Waals surface area contributed by atoms with Crippen molar-refractivity contribution in [1.29, 1.82) is 5.26 Å². The fourth-order valence-electron chi connectivity index (χ4n) is 3.19. The van der Waals surface area contributed by atoms with Crippen LogP contribution in [-0.4, -0.2) is 47.3 Å². The zero-order chi connectivity index (χ0) is 14.8. The topological polar surface area (TPSA) is 64.4 Å². The standard InChI is InChI=1S/C16H17N3O2/c17-8-7-12-3-1-2-4-14(12)16(21)18-9-10-19-13(11-18)5-6-15(19)20/h1-4,13H,5-7,9-11H2. The van der Waals surface area contributed by atoms with Gasteiger partial charge in [0.25, 0.3) is 5.91 Å². The van der Waals surface area contributed by atoms with Crippen LogP contribution in [0, 0.1) is 11.3 Å². The number of carbonyl (C=O) groups is 2. The van der Waals surface area contributed by atoms with Crippen molar-refractivity contribution in [2.45, 2.75) is 25.3 Å². The van der Waals surface area contributed by atoms with E-state index in [9.17, 15) is 9.59 Å². The smallest absolute Gasteiger partial charge is 0.254 e. The normalized spacial score (nSPS) is 21.1. The van der Waals surface area contributed by atoms with Crippen LogP contribution < -0.4 is 0 Å². The molecule has 0 aliphatic carbocycles. The van der Waals surface area contributed by atoms with Gasteiger partial charge < -0.3 is 9.80 Å². The number of nitriles is 1. The fourth-order valence-corrected chi connectivity index (χ4v) is 3.19. The van der Waals surface area contributed by atoms with Crippen molar-refractivity contribution in [3.63, 3.8) is 0 Å². The predicted octanol–water partition coefficient (Wildman–Crippen LogP) is 1.20. The third-order valence-electron chi connectivity index (χ3n) is 4.30. The quantitative estimate of drug-likeness (QED) is 0.819. The molecule has 0 N–H and O–H groups in total. The van der Waals surface area contributed by atoms with E-state index in [-0.39, 0.29) is 24.3 Å². The van der Waals surface area contributed by atoms with Crippen molar-refractivity contribution in [1.82, 2.24) is 9.80 Å². The van der Waals surface area contributed by atoms with E-state index in [2.05, 4.69) is 6.07 Å². The zero-order valence-electron chi connectivity index (χ0n) is 11.8. The van der Waals surface area contributed by atoms with Gasteiger partial charge in [-0.3, -0.25) is 9.59 Å². The minimum atomic E-state index is -0.0279. The Labute approximate surface area is 123 Å². The lowest BCUT2D eigenvalue weighted by atomic mass is 10.0. The van der Waals surface area contributed by atoms with Gasteiger partial charge in [0.2, 0.25) is 5.91 Å². The molecule has 1 aromatic carbocycles. The summed E-state index contributed by atoms with van der Waals surface area (Å²) in [5.41, 5.74) is 1.38. The molecule has 2 saturated heterocycles. The van der Waals surface area contributed by atoms with E-state index in [1.54, 1.807) is 6.07 Å². The summed E-state index contributed by atoms with van der Waals surface area (Å²) in [6, 6.07) is 9.54. The average molecular weight is 283 g/mol. The molecule has 5 nitrogen and oxygen atoms in total. The summed E-state index contributed by atoms with van der Waals surface area (Å²) in [5, 5.41) is 8.87. The number of benzene rings is 1. The van der Waals surface area contributed by atoms with E-state index >= 15 is 0 Å². The molecule has 5 heteroatoms. The molecule has 1 unspecified atom stereocenters. The van der Waals surface area contributed by atoms with Crippen LogP contribution in [0.3, 0.4) is 0 Å². The highest BCUT2D eigenvalue weighted by Gasteiger charge is 2.37. The van der Waals surface area contributed by atoms with E-state index in [1.165, 1.54) is 0 Å². The number of carbonyl (C=O) groups excluding carboxylic acids is 2. The summed E-state index contributed by atoms with van der Waals surface area (Å²) in [7, 11) is 0. The lowest BCUT2D eigenvalue weighted by Crippen LogP contribution is -2.53. The number of nitrogens with zero attached hydrogens (tertiary/aromatic N) is 3. The van der Waals surface area contributed by atoms with Crippen LogP contribution in [0.5, 0.6) is 0 Å². The molecular weight excluding hydrogens is 266 g/mol. The number of hydrogen-bond donors (Lipinski definition) is 0. The van der Waals surface area contributed by atoms with Crippen LogP contribution >= 0.6 is 0 Å². The number of fused-ring (bicyclic) bond motifs is 1. The second kappa shape index (κ2) is 5.57. The third kappa shape index (κ3) is 2.49. The van der Waals surface area contributed by atoms with Gasteiger partial charge >= 0.3 is 0 Å². The summed E-state index contributed by atoms with van der Waals surface area (Å²) in [4.78, 5) is 28.1. The average Bonchev–Trinajstić information content (AvgIpc) is 2.88. The van der Waals surface area contributed by atoms with E-state index in [0.717, 1.165) is 12.0 Å². The number of hydrogen-bond acceptors (Lipinski definition) is 3. The summed E-state index contributed by atoms with van der Waals surface area (Å²) in [6.45, 7) is 1.79. The van der Waals surface area contributed by atoms with Crippen LogP contribution in [0.2, 0.25) is 0 Å². The molecule has 0 saturated carbocycles. The van der Waals surface area contributed by atoms with Crippen molar-refractivity contribution in [3.05, 3.63) is 35.4 Å². The maximum Gasteiger partial charge on any atom is 0.254 e. The fraction of sp³-hybridized carbons (Fsp3) is 0.438. The van der Waals surface area contributed by atoms with Gasteiger partial charge in [0.05, 0.1) is 12.5 Å². The highest BCUT2D eigenvalue weighted by atomic mass is 16.2. The summed E-state index contributed by atoms with van der Waals surface area (Å²) >= 11 is 0. The second-order valence-corrected chi connectivity index (χ2v) is 5.52. The highest BCUT2D eigenvalue weighted by molar-refractivity contribution is 5.96. The Morgan fingerprint density at radius 2 is 2.14 bits per heavy atom. The maximum absolute atomic E-state index is 12.7. The Morgan fingerprint density at radius 1 is 1.33 bits per heavy atom. The molecule has 0 bridgehead atoms. The van der Waals surface area contributed by atoms with Crippen LogP contribution in [-0.2, 0) is 11.2 Å². The first kappa shape index (κ1) is 13.6. The highest BCUT2D eigenvalue weighted by Crippen LogP contribution is 2.24. The Hall–Kier alpha value is -2.35. The van der Waals surface area contributed by atoms with Gasteiger partial charge in [0.1, 0.15) is 0 Å². The van der Waals surface area contributed by atoms with Crippen molar-refractivity contribution in [2.75, 3.05) is 19.6 Å². The third-order valence-corrected chi connectivity index (χ3v) is 4.30. The second-order valence-electron chi connectivity index (χ2n) is 5.52. The molecule has 3 rings (SSSR count). The predicted molar refractivity (Wildman–Crippen MR) is 76.4 cm³/mol. The molecule has 2 aliphatic heterocycles. The first-order valence-corrected chi connectivity index (χ1v) is 7.24. The Kier molecular flexibility index (Phi) is 3.61. The van der Waals surface area contributed by atoms with Crippen molar-refractivity contribution >= 4 is 11.8 Å². The molecule has 1 aromatic rings. The Morgan fingerprint density at radius 3 is 2.95 bits per heavy atom. The summed E-state index contributed by atoms with van der Waals surface area (Å²) in [5.74, 6) is 0.178. The number of rotatable bonds is 2. The SMILES string of the molecule is N#CCc1ccccc1C(=O)N1CCN2C(=O)CCC2C1. The van der Waals surface area contributed by atoms with Gasteiger partial charge in [-0.2, -0.15) is 5.26 Å². The Bertz CT molecular complexity index is 620. The van der Waals surface area contributed by atoms with Crippen molar-refractivity contribution in [3.8, 4) is 6.07 Å². The zero-order valence-corrected chi connectivity index (χ0v) is 11.8. The molecule has 0 spiro atoms.